The van der Waals surface area contributed by atoms with Crippen molar-refractivity contribution in [3.63, 3.8) is 0 Å². The van der Waals surface area contributed by atoms with Gasteiger partial charge in [0.05, 0.1) is 17.9 Å². The molecular weight excluding hydrogens is 248 g/mol. The van der Waals surface area contributed by atoms with Gasteiger partial charge in [-0.2, -0.15) is 0 Å². The minimum absolute atomic E-state index is 0.339. The molecule has 1 fully saturated rings. The summed E-state index contributed by atoms with van der Waals surface area (Å²) >= 11 is 0. The van der Waals surface area contributed by atoms with E-state index < -0.39 is 0 Å². The molecular formula is C16H20N4. The fourth-order valence-electron chi connectivity index (χ4n) is 2.72. The number of anilines is 2. The second kappa shape index (κ2) is 5.51. The average molecular weight is 268 g/mol. The first kappa shape index (κ1) is 12.9. The van der Waals surface area contributed by atoms with Crippen LogP contribution in [0.5, 0.6) is 0 Å². The molecule has 0 bridgehead atoms. The van der Waals surface area contributed by atoms with Crippen molar-refractivity contribution in [2.45, 2.75) is 6.04 Å². The smallest absolute Gasteiger partial charge is 0.129 e. The molecule has 4 heteroatoms. The number of pyridine rings is 1. The van der Waals surface area contributed by atoms with Crippen LogP contribution in [0, 0.1) is 0 Å². The molecule has 1 unspecified atom stereocenters. The van der Waals surface area contributed by atoms with Crippen molar-refractivity contribution in [2.75, 3.05) is 37.3 Å². The monoisotopic (exact) mass is 268 g/mol. The molecule has 2 heterocycles. The second-order valence-electron chi connectivity index (χ2n) is 5.33. The first-order chi connectivity index (χ1) is 9.74. The maximum atomic E-state index is 5.73. The molecule has 1 aromatic carbocycles. The van der Waals surface area contributed by atoms with Crippen LogP contribution in [-0.2, 0) is 0 Å². The van der Waals surface area contributed by atoms with Gasteiger partial charge in [0, 0.05) is 19.6 Å². The number of hydrogen-bond donors (Lipinski definition) is 1. The fourth-order valence-corrected chi connectivity index (χ4v) is 2.72. The molecule has 1 saturated heterocycles. The maximum Gasteiger partial charge on any atom is 0.129 e. The minimum atomic E-state index is 0.339. The fraction of sp³-hybridized carbons (Fsp3) is 0.312. The van der Waals surface area contributed by atoms with E-state index in [0.29, 0.717) is 11.7 Å². The Morgan fingerprint density at radius 1 is 1.10 bits per heavy atom. The van der Waals surface area contributed by atoms with Crippen LogP contribution >= 0.6 is 0 Å². The number of nitrogen functional groups attached to an aromatic ring is 1. The highest BCUT2D eigenvalue weighted by Gasteiger charge is 2.27. The predicted octanol–water partition coefficient (Wildman–Crippen LogP) is 2.16. The van der Waals surface area contributed by atoms with Gasteiger partial charge in [-0.3, -0.25) is 0 Å². The normalized spacial score (nSPS) is 20.1. The van der Waals surface area contributed by atoms with Crippen LogP contribution in [0.3, 0.4) is 0 Å². The molecule has 1 atom stereocenters. The van der Waals surface area contributed by atoms with Crippen LogP contribution in [0.25, 0.3) is 0 Å². The number of aromatic nitrogens is 1. The summed E-state index contributed by atoms with van der Waals surface area (Å²) in [6, 6.07) is 14.9. The van der Waals surface area contributed by atoms with E-state index in [1.54, 1.807) is 6.20 Å². The Hall–Kier alpha value is -2.07. The van der Waals surface area contributed by atoms with Gasteiger partial charge in [0.15, 0.2) is 0 Å². The average Bonchev–Trinajstić information content (AvgIpc) is 2.49. The second-order valence-corrected chi connectivity index (χ2v) is 5.33. The van der Waals surface area contributed by atoms with E-state index in [1.165, 1.54) is 5.56 Å². The molecule has 0 spiro atoms. The molecule has 1 aliphatic rings. The van der Waals surface area contributed by atoms with Crippen molar-refractivity contribution in [2.24, 2.45) is 0 Å². The van der Waals surface area contributed by atoms with Gasteiger partial charge in [-0.05, 0) is 24.7 Å². The highest BCUT2D eigenvalue weighted by molar-refractivity contribution is 5.48. The highest BCUT2D eigenvalue weighted by Crippen LogP contribution is 2.29. The van der Waals surface area contributed by atoms with Crippen molar-refractivity contribution in [1.82, 2.24) is 9.88 Å². The van der Waals surface area contributed by atoms with Gasteiger partial charge in [-0.1, -0.05) is 30.3 Å². The molecule has 0 aliphatic carbocycles. The quantitative estimate of drug-likeness (QED) is 0.906. The third-order valence-corrected chi connectivity index (χ3v) is 3.83. The third-order valence-electron chi connectivity index (χ3n) is 3.83. The molecule has 1 aromatic heterocycles. The number of benzene rings is 1. The Morgan fingerprint density at radius 2 is 1.90 bits per heavy atom. The molecule has 104 valence electrons. The molecule has 3 rings (SSSR count). The van der Waals surface area contributed by atoms with Crippen molar-refractivity contribution in [3.05, 3.63) is 54.2 Å². The molecule has 0 radical (unpaired) electrons. The number of hydrogen-bond acceptors (Lipinski definition) is 4. The number of rotatable bonds is 2. The summed E-state index contributed by atoms with van der Waals surface area (Å²) in [5, 5.41) is 0. The van der Waals surface area contributed by atoms with E-state index >= 15 is 0 Å². The zero-order valence-electron chi connectivity index (χ0n) is 11.7. The van der Waals surface area contributed by atoms with E-state index in [-0.39, 0.29) is 0 Å². The van der Waals surface area contributed by atoms with Gasteiger partial charge >= 0.3 is 0 Å². The lowest BCUT2D eigenvalue weighted by Crippen LogP contribution is -2.47. The zero-order chi connectivity index (χ0) is 13.9. The topological polar surface area (TPSA) is 45.4 Å². The number of piperazine rings is 1. The SMILES string of the molecule is CN1CCN(c2ccc(N)cn2)C(c2ccccc2)C1. The van der Waals surface area contributed by atoms with Gasteiger partial charge in [-0.25, -0.2) is 4.98 Å². The summed E-state index contributed by atoms with van der Waals surface area (Å²) in [6.07, 6.45) is 1.73. The van der Waals surface area contributed by atoms with E-state index in [4.69, 9.17) is 5.73 Å². The van der Waals surface area contributed by atoms with Crippen LogP contribution in [-0.4, -0.2) is 36.6 Å². The summed E-state index contributed by atoms with van der Waals surface area (Å²) < 4.78 is 0. The lowest BCUT2D eigenvalue weighted by atomic mass is 10.0. The van der Waals surface area contributed by atoms with Gasteiger partial charge < -0.3 is 15.5 Å². The van der Waals surface area contributed by atoms with Crippen LogP contribution in [0.15, 0.2) is 48.7 Å². The van der Waals surface area contributed by atoms with Crippen LogP contribution in [0.4, 0.5) is 11.5 Å². The summed E-state index contributed by atoms with van der Waals surface area (Å²) in [7, 11) is 2.17. The van der Waals surface area contributed by atoms with Gasteiger partial charge in [0.1, 0.15) is 5.82 Å². The van der Waals surface area contributed by atoms with E-state index in [1.807, 2.05) is 12.1 Å². The zero-order valence-corrected chi connectivity index (χ0v) is 11.7. The Morgan fingerprint density at radius 3 is 2.60 bits per heavy atom. The first-order valence-corrected chi connectivity index (χ1v) is 6.96. The van der Waals surface area contributed by atoms with Gasteiger partial charge in [-0.15, -0.1) is 0 Å². The summed E-state index contributed by atoms with van der Waals surface area (Å²) in [5.41, 5.74) is 7.77. The van der Waals surface area contributed by atoms with Gasteiger partial charge in [0.25, 0.3) is 0 Å². The maximum absolute atomic E-state index is 5.73. The summed E-state index contributed by atoms with van der Waals surface area (Å²) in [5.74, 6) is 1.00. The van der Waals surface area contributed by atoms with Crippen molar-refractivity contribution < 1.29 is 0 Å². The Kier molecular flexibility index (Phi) is 3.56. The molecule has 2 N–H and O–H groups in total. The van der Waals surface area contributed by atoms with Crippen molar-refractivity contribution in [1.29, 1.82) is 0 Å². The third kappa shape index (κ3) is 2.60. The minimum Gasteiger partial charge on any atom is -0.397 e. The first-order valence-electron chi connectivity index (χ1n) is 6.96. The molecule has 4 nitrogen and oxygen atoms in total. The summed E-state index contributed by atoms with van der Waals surface area (Å²) in [4.78, 5) is 9.22. The van der Waals surface area contributed by atoms with Crippen LogP contribution in [0.2, 0.25) is 0 Å². The largest absolute Gasteiger partial charge is 0.397 e. The molecule has 0 saturated carbocycles. The Labute approximate surface area is 119 Å². The molecule has 20 heavy (non-hydrogen) atoms. The van der Waals surface area contributed by atoms with E-state index in [2.05, 4.69) is 52.2 Å². The molecule has 1 aliphatic heterocycles. The Bertz CT molecular complexity index is 552. The van der Waals surface area contributed by atoms with Crippen molar-refractivity contribution >= 4 is 11.5 Å². The number of likely N-dealkylation sites (N-methyl/N-ethyl adjacent to an activating group) is 1. The number of nitrogens with two attached hydrogens (primary N) is 1. The number of nitrogens with zero attached hydrogens (tertiary/aromatic N) is 3. The summed E-state index contributed by atoms with van der Waals surface area (Å²) in [6.45, 7) is 3.04. The van der Waals surface area contributed by atoms with E-state index in [9.17, 15) is 0 Å². The van der Waals surface area contributed by atoms with E-state index in [0.717, 1.165) is 25.5 Å². The van der Waals surface area contributed by atoms with Crippen LogP contribution < -0.4 is 10.6 Å². The van der Waals surface area contributed by atoms with Crippen LogP contribution in [0.1, 0.15) is 11.6 Å². The van der Waals surface area contributed by atoms with Gasteiger partial charge in [0.2, 0.25) is 0 Å². The lowest BCUT2D eigenvalue weighted by molar-refractivity contribution is 0.268. The standard InChI is InChI=1S/C16H20N4/c1-19-9-10-20(16-8-7-14(17)11-18-16)15(12-19)13-5-3-2-4-6-13/h2-8,11,15H,9-10,12,17H2,1H3. The highest BCUT2D eigenvalue weighted by atomic mass is 15.3. The Balaban J connectivity index is 1.92. The molecule has 2 aromatic rings. The van der Waals surface area contributed by atoms with Crippen molar-refractivity contribution in [3.8, 4) is 0 Å². The predicted molar refractivity (Wildman–Crippen MR) is 82.7 cm³/mol. The molecule has 0 amide bonds. The lowest BCUT2D eigenvalue weighted by Gasteiger charge is -2.41.